The van der Waals surface area contributed by atoms with Gasteiger partial charge in [-0.1, -0.05) is 18.3 Å². The highest BCUT2D eigenvalue weighted by atomic mass is 32.1. The van der Waals surface area contributed by atoms with E-state index in [1.165, 1.54) is 0 Å². The molecule has 1 unspecified atom stereocenters. The van der Waals surface area contributed by atoms with Crippen LogP contribution >= 0.6 is 12.2 Å². The Hall–Kier alpha value is -2.01. The van der Waals surface area contributed by atoms with E-state index in [0.29, 0.717) is 4.99 Å². The minimum atomic E-state index is 0.113. The standard InChI is InChI=1S/C14H16N4S/c1-9-6-12(14(15)19)7-13(17-9)18-10(2)11-4-3-5-16-8-11/h3-8,10H,1-2H3,(H2,15,19)(H,17,18). The minimum Gasteiger partial charge on any atom is -0.389 e. The van der Waals surface area contributed by atoms with Gasteiger partial charge in [0.25, 0.3) is 0 Å². The van der Waals surface area contributed by atoms with Crippen LogP contribution in [0.2, 0.25) is 0 Å². The third kappa shape index (κ3) is 3.48. The first-order chi connectivity index (χ1) is 9.06. The third-order valence-corrected chi connectivity index (χ3v) is 3.02. The van der Waals surface area contributed by atoms with Crippen LogP contribution in [-0.4, -0.2) is 15.0 Å². The smallest absolute Gasteiger partial charge is 0.127 e. The first-order valence-electron chi connectivity index (χ1n) is 6.01. The lowest BCUT2D eigenvalue weighted by molar-refractivity contribution is 0.864. The molecule has 2 aromatic rings. The van der Waals surface area contributed by atoms with Crippen molar-refractivity contribution < 1.29 is 0 Å². The molecule has 0 fully saturated rings. The van der Waals surface area contributed by atoms with Gasteiger partial charge < -0.3 is 11.1 Å². The van der Waals surface area contributed by atoms with Crippen LogP contribution in [0, 0.1) is 6.92 Å². The van der Waals surface area contributed by atoms with Gasteiger partial charge in [0.05, 0.1) is 6.04 Å². The van der Waals surface area contributed by atoms with Crippen LogP contribution in [0.5, 0.6) is 0 Å². The second-order valence-corrected chi connectivity index (χ2v) is 4.84. The molecule has 0 amide bonds. The van der Waals surface area contributed by atoms with Crippen LogP contribution < -0.4 is 11.1 Å². The van der Waals surface area contributed by atoms with E-state index in [1.807, 2.05) is 37.4 Å². The Kier molecular flexibility index (Phi) is 4.06. The molecule has 0 saturated heterocycles. The van der Waals surface area contributed by atoms with E-state index >= 15 is 0 Å². The summed E-state index contributed by atoms with van der Waals surface area (Å²) in [7, 11) is 0. The summed E-state index contributed by atoms with van der Waals surface area (Å²) in [6.45, 7) is 3.98. The van der Waals surface area contributed by atoms with E-state index in [9.17, 15) is 0 Å². The molecule has 1 atom stereocenters. The molecule has 2 heterocycles. The van der Waals surface area contributed by atoms with Gasteiger partial charge in [-0.3, -0.25) is 4.98 Å². The maximum absolute atomic E-state index is 5.66. The number of thiocarbonyl (C=S) groups is 1. The van der Waals surface area contributed by atoms with Gasteiger partial charge in [-0.2, -0.15) is 0 Å². The Balaban J connectivity index is 2.21. The van der Waals surface area contributed by atoms with Crippen LogP contribution in [-0.2, 0) is 0 Å². The quantitative estimate of drug-likeness (QED) is 0.838. The fraction of sp³-hybridized carbons (Fsp3) is 0.214. The number of nitrogens with two attached hydrogens (primary N) is 1. The predicted molar refractivity (Wildman–Crippen MR) is 81.1 cm³/mol. The van der Waals surface area contributed by atoms with Crippen LogP contribution in [0.1, 0.15) is 29.8 Å². The number of hydrogen-bond acceptors (Lipinski definition) is 4. The van der Waals surface area contributed by atoms with Crippen molar-refractivity contribution in [2.24, 2.45) is 5.73 Å². The lowest BCUT2D eigenvalue weighted by atomic mass is 10.1. The van der Waals surface area contributed by atoms with E-state index in [2.05, 4.69) is 22.2 Å². The normalized spacial score (nSPS) is 11.9. The molecule has 0 spiro atoms. The van der Waals surface area contributed by atoms with E-state index in [0.717, 1.165) is 22.6 Å². The lowest BCUT2D eigenvalue weighted by Crippen LogP contribution is -2.13. The highest BCUT2D eigenvalue weighted by Crippen LogP contribution is 2.18. The summed E-state index contributed by atoms with van der Waals surface area (Å²) in [6.07, 6.45) is 3.59. The average molecular weight is 272 g/mol. The van der Waals surface area contributed by atoms with Crippen LogP contribution in [0.15, 0.2) is 36.7 Å². The Morgan fingerprint density at radius 3 is 2.84 bits per heavy atom. The molecule has 3 N–H and O–H groups in total. The Bertz CT molecular complexity index is 583. The summed E-state index contributed by atoms with van der Waals surface area (Å²) in [4.78, 5) is 8.92. The molecular formula is C14H16N4S. The van der Waals surface area contributed by atoms with Crippen LogP contribution in [0.4, 0.5) is 5.82 Å². The van der Waals surface area contributed by atoms with Gasteiger partial charge >= 0.3 is 0 Å². The van der Waals surface area contributed by atoms with Gasteiger partial charge in [-0.05, 0) is 37.6 Å². The van der Waals surface area contributed by atoms with Crippen LogP contribution in [0.3, 0.4) is 0 Å². The van der Waals surface area contributed by atoms with Crippen LogP contribution in [0.25, 0.3) is 0 Å². The maximum Gasteiger partial charge on any atom is 0.127 e. The predicted octanol–water partition coefficient (Wildman–Crippen LogP) is 2.59. The topological polar surface area (TPSA) is 63.8 Å². The van der Waals surface area contributed by atoms with Gasteiger partial charge in [-0.25, -0.2) is 4.98 Å². The van der Waals surface area contributed by atoms with Gasteiger partial charge in [0, 0.05) is 23.7 Å². The van der Waals surface area contributed by atoms with Gasteiger partial charge in [0.1, 0.15) is 10.8 Å². The summed E-state index contributed by atoms with van der Waals surface area (Å²) < 4.78 is 0. The first-order valence-corrected chi connectivity index (χ1v) is 6.42. The molecule has 0 aliphatic heterocycles. The molecule has 0 aliphatic carbocycles. The maximum atomic E-state index is 5.66. The lowest BCUT2D eigenvalue weighted by Gasteiger charge is -2.15. The van der Waals surface area contributed by atoms with Crippen molar-refractivity contribution in [3.63, 3.8) is 0 Å². The average Bonchev–Trinajstić information content (AvgIpc) is 2.39. The fourth-order valence-corrected chi connectivity index (χ4v) is 1.94. The highest BCUT2D eigenvalue weighted by molar-refractivity contribution is 7.80. The number of pyridine rings is 2. The zero-order valence-corrected chi connectivity index (χ0v) is 11.7. The third-order valence-electron chi connectivity index (χ3n) is 2.79. The minimum absolute atomic E-state index is 0.113. The number of nitrogens with one attached hydrogen (secondary N) is 1. The van der Waals surface area contributed by atoms with Crippen molar-refractivity contribution in [2.75, 3.05) is 5.32 Å². The summed E-state index contributed by atoms with van der Waals surface area (Å²) in [5.74, 6) is 0.763. The Morgan fingerprint density at radius 2 is 2.21 bits per heavy atom. The van der Waals surface area contributed by atoms with E-state index in [1.54, 1.807) is 6.20 Å². The molecule has 5 heteroatoms. The second-order valence-electron chi connectivity index (χ2n) is 4.40. The molecule has 2 aromatic heterocycles. The van der Waals surface area contributed by atoms with Crippen molar-refractivity contribution in [3.05, 3.63) is 53.5 Å². The molecule has 98 valence electrons. The number of rotatable bonds is 4. The second kappa shape index (κ2) is 5.75. The molecule has 19 heavy (non-hydrogen) atoms. The van der Waals surface area contributed by atoms with E-state index in [4.69, 9.17) is 18.0 Å². The van der Waals surface area contributed by atoms with Crippen molar-refractivity contribution in [1.29, 1.82) is 0 Å². The summed E-state index contributed by atoms with van der Waals surface area (Å²) in [5.41, 5.74) is 8.46. The number of aryl methyl sites for hydroxylation is 1. The largest absolute Gasteiger partial charge is 0.389 e. The fourth-order valence-electron chi connectivity index (χ4n) is 1.82. The molecule has 0 aromatic carbocycles. The Labute approximate surface area is 118 Å². The molecule has 0 saturated carbocycles. The zero-order valence-electron chi connectivity index (χ0n) is 10.9. The summed E-state index contributed by atoms with van der Waals surface area (Å²) in [5, 5.41) is 3.33. The van der Waals surface area contributed by atoms with E-state index < -0.39 is 0 Å². The Morgan fingerprint density at radius 1 is 1.42 bits per heavy atom. The zero-order chi connectivity index (χ0) is 13.8. The van der Waals surface area contributed by atoms with Gasteiger partial charge in [0.15, 0.2) is 0 Å². The molecule has 0 radical (unpaired) electrons. The van der Waals surface area contributed by atoms with Crippen molar-refractivity contribution in [2.45, 2.75) is 19.9 Å². The van der Waals surface area contributed by atoms with Crippen molar-refractivity contribution >= 4 is 23.0 Å². The molecule has 4 nitrogen and oxygen atoms in total. The first kappa shape index (κ1) is 13.4. The SMILES string of the molecule is Cc1cc(C(N)=S)cc(NC(C)c2cccnc2)n1. The van der Waals surface area contributed by atoms with Gasteiger partial charge in [-0.15, -0.1) is 0 Å². The van der Waals surface area contributed by atoms with Gasteiger partial charge in [0.2, 0.25) is 0 Å². The number of anilines is 1. The number of aromatic nitrogens is 2. The monoisotopic (exact) mass is 272 g/mol. The van der Waals surface area contributed by atoms with E-state index in [-0.39, 0.29) is 6.04 Å². The number of nitrogens with zero attached hydrogens (tertiary/aromatic N) is 2. The summed E-state index contributed by atoms with van der Waals surface area (Å²) >= 11 is 5.00. The van der Waals surface area contributed by atoms with Crippen molar-refractivity contribution in [3.8, 4) is 0 Å². The summed E-state index contributed by atoms with van der Waals surface area (Å²) in [6, 6.07) is 7.79. The highest BCUT2D eigenvalue weighted by Gasteiger charge is 2.08. The molecular weight excluding hydrogens is 256 g/mol. The molecule has 0 aliphatic rings. The molecule has 0 bridgehead atoms. The number of hydrogen-bond donors (Lipinski definition) is 2. The molecule has 2 rings (SSSR count). The van der Waals surface area contributed by atoms with Crippen molar-refractivity contribution in [1.82, 2.24) is 9.97 Å².